The van der Waals surface area contributed by atoms with E-state index in [4.69, 9.17) is 25.6 Å². The molecule has 8 heteroatoms. The normalized spacial score (nSPS) is 17.7. The second-order valence-corrected chi connectivity index (χ2v) is 11.8. The van der Waals surface area contributed by atoms with Crippen molar-refractivity contribution in [2.75, 3.05) is 0 Å². The van der Waals surface area contributed by atoms with Crippen molar-refractivity contribution < 1.29 is 23.2 Å². The highest BCUT2D eigenvalue weighted by Crippen LogP contribution is 2.45. The summed E-state index contributed by atoms with van der Waals surface area (Å²) in [4.78, 5) is 13.7. The number of ether oxygens (including phenoxy) is 1. The van der Waals surface area contributed by atoms with Crippen LogP contribution < -0.4 is 0 Å². The molecule has 196 valence electrons. The maximum absolute atomic E-state index is 14.0. The number of hydrogen-bond donors (Lipinski definition) is 0. The van der Waals surface area contributed by atoms with Gasteiger partial charge in [0.15, 0.2) is 0 Å². The van der Waals surface area contributed by atoms with Gasteiger partial charge in [-0.15, -0.1) is 0 Å². The summed E-state index contributed by atoms with van der Waals surface area (Å²) in [6, 6.07) is 13.9. The third kappa shape index (κ3) is 5.22. The van der Waals surface area contributed by atoms with E-state index in [1.54, 1.807) is 10.6 Å². The molecule has 0 atom stereocenters. The van der Waals surface area contributed by atoms with Crippen LogP contribution in [0.25, 0.3) is 21.9 Å². The number of benzene rings is 2. The summed E-state index contributed by atoms with van der Waals surface area (Å²) in [5.41, 5.74) is 1.40. The lowest BCUT2D eigenvalue weighted by atomic mass is 9.71. The fourth-order valence-electron chi connectivity index (χ4n) is 4.50. The molecule has 1 aliphatic heterocycles. The number of aromatic nitrogens is 1. The highest BCUT2D eigenvalue weighted by atomic mass is 35.5. The Morgan fingerprint density at radius 1 is 1.05 bits per heavy atom. The first kappa shape index (κ1) is 27.4. The third-order valence-corrected chi connectivity index (χ3v) is 7.30. The van der Waals surface area contributed by atoms with E-state index in [0.29, 0.717) is 28.7 Å². The van der Waals surface area contributed by atoms with Crippen molar-refractivity contribution in [2.24, 2.45) is 0 Å². The molecule has 0 spiro atoms. The maximum atomic E-state index is 14.0. The van der Waals surface area contributed by atoms with Crippen molar-refractivity contribution in [1.82, 2.24) is 4.57 Å². The predicted molar refractivity (Wildman–Crippen MR) is 148 cm³/mol. The fraction of sp³-hybridized carbons (Fsp3) is 0.414. The van der Waals surface area contributed by atoms with Gasteiger partial charge < -0.3 is 14.0 Å². The Morgan fingerprint density at radius 3 is 2.24 bits per heavy atom. The zero-order valence-corrected chi connectivity index (χ0v) is 23.5. The number of carbonyl (C=O) groups excluding carboxylic acids is 1. The minimum absolute atomic E-state index is 0.269. The zero-order valence-electron chi connectivity index (χ0n) is 22.7. The van der Waals surface area contributed by atoms with E-state index < -0.39 is 35.8 Å². The van der Waals surface area contributed by atoms with Gasteiger partial charge in [0.25, 0.3) is 0 Å². The van der Waals surface area contributed by atoms with Gasteiger partial charge in [-0.25, -0.2) is 13.8 Å². The van der Waals surface area contributed by atoms with Gasteiger partial charge in [-0.1, -0.05) is 42.8 Å². The van der Waals surface area contributed by atoms with Gasteiger partial charge in [0, 0.05) is 10.9 Å². The van der Waals surface area contributed by atoms with Crippen LogP contribution in [0.4, 0.5) is 9.18 Å². The van der Waals surface area contributed by atoms with Crippen LogP contribution in [0.5, 0.6) is 0 Å². The molecule has 1 fully saturated rings. The van der Waals surface area contributed by atoms with Crippen LogP contribution >= 0.6 is 11.6 Å². The molecule has 1 aromatic heterocycles. The van der Waals surface area contributed by atoms with Gasteiger partial charge in [0.1, 0.15) is 11.4 Å². The topological polar surface area (TPSA) is 49.7 Å². The monoisotopic (exact) mass is 525 g/mol. The number of carbonyl (C=O) groups is 1. The molecule has 0 saturated carbocycles. The van der Waals surface area contributed by atoms with Crippen LogP contribution in [0.3, 0.4) is 0 Å². The van der Waals surface area contributed by atoms with Gasteiger partial charge in [0.05, 0.1) is 27.4 Å². The Bertz CT molecular complexity index is 1370. The molecule has 0 aliphatic carbocycles. The Hall–Kier alpha value is -2.61. The number of nitrogens with zero attached hydrogens (tertiary/aromatic N) is 1. The maximum Gasteiger partial charge on any atom is 0.497 e. The number of para-hydroxylation sites is 1. The van der Waals surface area contributed by atoms with Gasteiger partial charge in [0.2, 0.25) is 0 Å². The van der Waals surface area contributed by atoms with E-state index in [1.807, 2.05) is 85.7 Å². The highest BCUT2D eigenvalue weighted by molar-refractivity contribution is 6.71. The molecular weight excluding hydrogens is 492 g/mol. The first-order chi connectivity index (χ1) is 17.1. The molecule has 0 radical (unpaired) electrons. The van der Waals surface area contributed by atoms with Crippen LogP contribution in [0.15, 0.2) is 48.5 Å². The Balaban J connectivity index is 2.07. The number of fused-ring (bicyclic) bond motifs is 1. The number of rotatable bonds is 4. The summed E-state index contributed by atoms with van der Waals surface area (Å²) in [5, 5.41) is 1.13. The minimum Gasteiger partial charge on any atom is -0.443 e. The second-order valence-electron chi connectivity index (χ2n) is 11.4. The lowest BCUT2D eigenvalue weighted by Gasteiger charge is -2.32. The van der Waals surface area contributed by atoms with Crippen LogP contribution in [-0.2, 0) is 14.0 Å². The lowest BCUT2D eigenvalue weighted by molar-refractivity contribution is 0.00578. The molecule has 5 nitrogen and oxygen atoms in total. The van der Waals surface area contributed by atoms with Crippen LogP contribution in [0, 0.1) is 5.82 Å². The van der Waals surface area contributed by atoms with Crippen molar-refractivity contribution in [3.05, 3.63) is 70.6 Å². The third-order valence-electron chi connectivity index (χ3n) is 6.99. The molecular formula is C29H34BClFNO4. The first-order valence-corrected chi connectivity index (χ1v) is 12.9. The molecule has 2 heterocycles. The number of allylic oxidation sites excluding steroid dienone is 1. The van der Waals surface area contributed by atoms with E-state index in [2.05, 4.69) is 0 Å². The Labute approximate surface area is 223 Å². The van der Waals surface area contributed by atoms with Crippen LogP contribution in [-0.4, -0.2) is 34.6 Å². The van der Waals surface area contributed by atoms with E-state index in [0.717, 1.165) is 11.0 Å². The summed E-state index contributed by atoms with van der Waals surface area (Å²) in [6.45, 7) is 15.4. The van der Waals surface area contributed by atoms with Crippen LogP contribution in [0.2, 0.25) is 5.02 Å². The predicted octanol–water partition coefficient (Wildman–Crippen LogP) is 8.17. The van der Waals surface area contributed by atoms with Crippen LogP contribution in [0.1, 0.15) is 73.1 Å². The summed E-state index contributed by atoms with van der Waals surface area (Å²) < 4.78 is 34.4. The molecule has 4 rings (SSSR count). The van der Waals surface area contributed by atoms with E-state index in [9.17, 15) is 9.18 Å². The lowest BCUT2D eigenvalue weighted by Crippen LogP contribution is -2.41. The standard InChI is InChI=1S/C29H34BClFNO4/c1-9-20(21-15-14-19(32)17-22(21)31)25(30-36-28(5,6)29(7,8)37-30)24-16-18-12-10-11-13-23(18)33(24)26(34)35-27(2,3)4/h10-17H,9H2,1-8H3/b25-20-. The quantitative estimate of drug-likeness (QED) is 0.322. The number of hydrogen-bond acceptors (Lipinski definition) is 4. The molecule has 37 heavy (non-hydrogen) atoms. The summed E-state index contributed by atoms with van der Waals surface area (Å²) in [6.07, 6.45) is 0.0130. The molecule has 0 bridgehead atoms. The average molecular weight is 526 g/mol. The van der Waals surface area contributed by atoms with E-state index in [1.165, 1.54) is 12.1 Å². The molecule has 1 saturated heterocycles. The van der Waals surface area contributed by atoms with Gasteiger partial charge >= 0.3 is 13.2 Å². The van der Waals surface area contributed by atoms with Crippen molar-refractivity contribution >= 4 is 46.8 Å². The number of halogens is 2. The second kappa shape index (κ2) is 9.61. The first-order valence-electron chi connectivity index (χ1n) is 12.5. The molecule has 2 aromatic carbocycles. The van der Waals surface area contributed by atoms with Gasteiger partial charge in [-0.05, 0) is 90.3 Å². The summed E-state index contributed by atoms with van der Waals surface area (Å²) in [7, 11) is -0.813. The highest BCUT2D eigenvalue weighted by Gasteiger charge is 2.53. The fourth-order valence-corrected chi connectivity index (χ4v) is 4.78. The molecule has 0 amide bonds. The van der Waals surface area contributed by atoms with Crippen molar-refractivity contribution in [2.45, 2.75) is 78.6 Å². The van der Waals surface area contributed by atoms with Crippen molar-refractivity contribution in [3.63, 3.8) is 0 Å². The smallest absolute Gasteiger partial charge is 0.443 e. The summed E-state index contributed by atoms with van der Waals surface area (Å²) >= 11 is 6.57. The summed E-state index contributed by atoms with van der Waals surface area (Å²) in [5.74, 6) is -0.427. The van der Waals surface area contributed by atoms with E-state index >= 15 is 0 Å². The molecule has 0 N–H and O–H groups in total. The Morgan fingerprint density at radius 2 is 1.68 bits per heavy atom. The van der Waals surface area contributed by atoms with Gasteiger partial charge in [-0.3, -0.25) is 0 Å². The van der Waals surface area contributed by atoms with Crippen molar-refractivity contribution in [1.29, 1.82) is 0 Å². The Kier molecular flexibility index (Phi) is 7.12. The van der Waals surface area contributed by atoms with Crippen molar-refractivity contribution in [3.8, 4) is 0 Å². The molecule has 1 aliphatic rings. The van der Waals surface area contributed by atoms with E-state index in [-0.39, 0.29) is 5.02 Å². The minimum atomic E-state index is -0.813. The average Bonchev–Trinajstić information content (AvgIpc) is 3.24. The largest absolute Gasteiger partial charge is 0.497 e. The SMILES string of the molecule is CC/C(=C(/B1OC(C)(C)C(C)(C)O1)c1cc2ccccc2n1C(=O)OC(C)(C)C)c1ccc(F)cc1Cl. The zero-order chi connectivity index (χ0) is 27.3. The molecule has 0 unspecified atom stereocenters. The molecule has 3 aromatic rings. The van der Waals surface area contributed by atoms with Gasteiger partial charge in [-0.2, -0.15) is 0 Å².